The number of ether oxygens (including phenoxy) is 1. The minimum absolute atomic E-state index is 0.278. The van der Waals surface area contributed by atoms with Gasteiger partial charge in [0.1, 0.15) is 5.82 Å². The number of carbonyl (C=O) groups excluding carboxylic acids is 1. The highest BCUT2D eigenvalue weighted by Crippen LogP contribution is 2.36. The first-order valence-corrected chi connectivity index (χ1v) is 7.03. The molecule has 1 aliphatic rings. The van der Waals surface area contributed by atoms with Gasteiger partial charge in [-0.15, -0.1) is 0 Å². The average molecular weight is 277 g/mol. The van der Waals surface area contributed by atoms with Crippen LogP contribution in [-0.2, 0) is 4.74 Å². The molecule has 110 valence electrons. The van der Waals surface area contributed by atoms with Crippen LogP contribution in [0.3, 0.4) is 0 Å². The minimum atomic E-state index is -0.446. The summed E-state index contributed by atoms with van der Waals surface area (Å²) in [5.74, 6) is 0.135. The fourth-order valence-corrected chi connectivity index (χ4v) is 2.54. The van der Waals surface area contributed by atoms with E-state index in [0.717, 1.165) is 12.8 Å². The van der Waals surface area contributed by atoms with Crippen LogP contribution in [0.25, 0.3) is 0 Å². The largest absolute Gasteiger partial charge is 0.464 e. The van der Waals surface area contributed by atoms with Crippen LogP contribution in [0, 0.1) is 5.41 Å². The molecule has 5 nitrogen and oxygen atoms in total. The quantitative estimate of drug-likeness (QED) is 0.831. The number of nitrogens with one attached hydrogen (secondary N) is 1. The third-order valence-electron chi connectivity index (χ3n) is 4.00. The van der Waals surface area contributed by atoms with Crippen LogP contribution in [0.1, 0.15) is 50.0 Å². The molecule has 0 saturated heterocycles. The monoisotopic (exact) mass is 277 g/mol. The first kappa shape index (κ1) is 14.6. The zero-order valence-electron chi connectivity index (χ0n) is 12.4. The Balaban J connectivity index is 2.07. The molecule has 1 aromatic heterocycles. The van der Waals surface area contributed by atoms with E-state index in [1.807, 2.05) is 0 Å². The molecule has 1 saturated carbocycles. The number of nitrogens with zero attached hydrogens (tertiary/aromatic N) is 1. The topological polar surface area (TPSA) is 77.2 Å². The fraction of sp³-hybridized carbons (Fsp3) is 0.600. The van der Waals surface area contributed by atoms with Gasteiger partial charge in [-0.3, -0.25) is 0 Å². The molecular formula is C15H23N3O2. The van der Waals surface area contributed by atoms with E-state index in [-0.39, 0.29) is 5.69 Å². The van der Waals surface area contributed by atoms with Crippen molar-refractivity contribution in [2.45, 2.75) is 45.6 Å². The molecule has 1 heterocycles. The summed E-state index contributed by atoms with van der Waals surface area (Å²) in [5.41, 5.74) is 7.18. The second-order valence-electron chi connectivity index (χ2n) is 6.21. The Labute approximate surface area is 119 Å². The molecule has 0 radical (unpaired) electrons. The van der Waals surface area contributed by atoms with E-state index in [9.17, 15) is 4.79 Å². The first-order valence-electron chi connectivity index (χ1n) is 7.03. The van der Waals surface area contributed by atoms with E-state index in [1.54, 1.807) is 12.1 Å². The zero-order chi connectivity index (χ0) is 14.8. The molecular weight excluding hydrogens is 254 g/mol. The Morgan fingerprint density at radius 1 is 1.40 bits per heavy atom. The predicted octanol–water partition coefficient (Wildman–Crippen LogP) is 2.83. The molecule has 0 bridgehead atoms. The Bertz CT molecular complexity index is 490. The highest BCUT2D eigenvalue weighted by molar-refractivity contribution is 5.88. The highest BCUT2D eigenvalue weighted by atomic mass is 16.5. The van der Waals surface area contributed by atoms with Gasteiger partial charge in [0.15, 0.2) is 5.69 Å². The molecule has 5 heteroatoms. The lowest BCUT2D eigenvalue weighted by Gasteiger charge is -2.35. The predicted molar refractivity (Wildman–Crippen MR) is 79.6 cm³/mol. The number of methoxy groups -OCH3 is 1. The van der Waals surface area contributed by atoms with Crippen LogP contribution in [0.15, 0.2) is 12.1 Å². The normalized spacial score (nSPS) is 18.6. The van der Waals surface area contributed by atoms with E-state index in [4.69, 9.17) is 5.73 Å². The van der Waals surface area contributed by atoms with Gasteiger partial charge in [-0.2, -0.15) is 0 Å². The van der Waals surface area contributed by atoms with Crippen molar-refractivity contribution in [1.29, 1.82) is 0 Å². The van der Waals surface area contributed by atoms with Crippen molar-refractivity contribution >= 4 is 17.5 Å². The average Bonchev–Trinajstić information content (AvgIpc) is 2.42. The molecule has 1 fully saturated rings. The van der Waals surface area contributed by atoms with Crippen molar-refractivity contribution < 1.29 is 9.53 Å². The SMILES string of the molecule is COC(=O)c1ccc(N)c(NC2CCC(C)(C)CC2)n1. The standard InChI is InChI=1S/C15H23N3O2/c1-15(2)8-6-10(7-9-15)17-13-11(16)4-5-12(18-13)14(19)20-3/h4-5,10H,6-9,16H2,1-3H3,(H,17,18). The molecule has 0 aliphatic heterocycles. The molecule has 2 rings (SSSR count). The summed E-state index contributed by atoms with van der Waals surface area (Å²) in [7, 11) is 1.34. The number of hydrogen-bond donors (Lipinski definition) is 2. The molecule has 0 aromatic carbocycles. The maximum Gasteiger partial charge on any atom is 0.356 e. The lowest BCUT2D eigenvalue weighted by atomic mass is 9.75. The number of pyridine rings is 1. The smallest absolute Gasteiger partial charge is 0.356 e. The van der Waals surface area contributed by atoms with Gasteiger partial charge in [-0.1, -0.05) is 13.8 Å². The van der Waals surface area contributed by atoms with Gasteiger partial charge < -0.3 is 15.8 Å². The van der Waals surface area contributed by atoms with E-state index in [0.29, 0.717) is 23.0 Å². The summed E-state index contributed by atoms with van der Waals surface area (Å²) in [5, 5.41) is 3.36. The van der Waals surface area contributed by atoms with E-state index < -0.39 is 5.97 Å². The number of hydrogen-bond acceptors (Lipinski definition) is 5. The Morgan fingerprint density at radius 3 is 2.65 bits per heavy atom. The number of esters is 1. The summed E-state index contributed by atoms with van der Waals surface area (Å²) < 4.78 is 4.68. The maximum absolute atomic E-state index is 11.5. The van der Waals surface area contributed by atoms with Crippen LogP contribution >= 0.6 is 0 Å². The summed E-state index contributed by atoms with van der Waals surface area (Å²) >= 11 is 0. The van der Waals surface area contributed by atoms with Crippen molar-refractivity contribution in [3.63, 3.8) is 0 Å². The maximum atomic E-state index is 11.5. The number of aromatic nitrogens is 1. The van der Waals surface area contributed by atoms with Crippen molar-refractivity contribution in [3.05, 3.63) is 17.8 Å². The Hall–Kier alpha value is -1.78. The summed E-state index contributed by atoms with van der Waals surface area (Å²) in [6.07, 6.45) is 4.55. The van der Waals surface area contributed by atoms with Crippen LogP contribution in [0.5, 0.6) is 0 Å². The molecule has 3 N–H and O–H groups in total. The van der Waals surface area contributed by atoms with E-state index in [1.165, 1.54) is 20.0 Å². The Kier molecular flexibility index (Phi) is 4.16. The van der Waals surface area contributed by atoms with E-state index in [2.05, 4.69) is 28.9 Å². The molecule has 0 spiro atoms. The third kappa shape index (κ3) is 3.40. The number of rotatable bonds is 3. The van der Waals surface area contributed by atoms with Crippen LogP contribution in [-0.4, -0.2) is 24.1 Å². The lowest BCUT2D eigenvalue weighted by Crippen LogP contribution is -2.30. The second kappa shape index (κ2) is 5.69. The second-order valence-corrected chi connectivity index (χ2v) is 6.21. The number of nitrogen functional groups attached to an aromatic ring is 1. The fourth-order valence-electron chi connectivity index (χ4n) is 2.54. The van der Waals surface area contributed by atoms with Crippen LogP contribution in [0.2, 0.25) is 0 Å². The Morgan fingerprint density at radius 2 is 2.05 bits per heavy atom. The molecule has 20 heavy (non-hydrogen) atoms. The summed E-state index contributed by atoms with van der Waals surface area (Å²) in [4.78, 5) is 15.8. The van der Waals surface area contributed by atoms with E-state index >= 15 is 0 Å². The highest BCUT2D eigenvalue weighted by Gasteiger charge is 2.27. The van der Waals surface area contributed by atoms with Crippen molar-refractivity contribution in [2.75, 3.05) is 18.2 Å². The molecule has 0 atom stereocenters. The van der Waals surface area contributed by atoms with Gasteiger partial charge in [0.25, 0.3) is 0 Å². The van der Waals surface area contributed by atoms with Gasteiger partial charge in [-0.05, 0) is 43.2 Å². The van der Waals surface area contributed by atoms with Crippen LogP contribution in [0.4, 0.5) is 11.5 Å². The number of anilines is 2. The molecule has 1 aliphatic carbocycles. The van der Waals surface area contributed by atoms with Gasteiger partial charge in [0.2, 0.25) is 0 Å². The minimum Gasteiger partial charge on any atom is -0.464 e. The third-order valence-corrected chi connectivity index (χ3v) is 4.00. The van der Waals surface area contributed by atoms with Crippen molar-refractivity contribution in [3.8, 4) is 0 Å². The molecule has 0 unspecified atom stereocenters. The molecule has 0 amide bonds. The van der Waals surface area contributed by atoms with Crippen LogP contribution < -0.4 is 11.1 Å². The van der Waals surface area contributed by atoms with Crippen molar-refractivity contribution in [1.82, 2.24) is 4.98 Å². The van der Waals surface area contributed by atoms with Gasteiger partial charge in [0, 0.05) is 6.04 Å². The number of carbonyl (C=O) groups is 1. The summed E-state index contributed by atoms with van der Waals surface area (Å²) in [6.45, 7) is 4.60. The van der Waals surface area contributed by atoms with Gasteiger partial charge in [-0.25, -0.2) is 9.78 Å². The van der Waals surface area contributed by atoms with Gasteiger partial charge in [0.05, 0.1) is 12.8 Å². The first-order chi connectivity index (χ1) is 9.41. The lowest BCUT2D eigenvalue weighted by molar-refractivity contribution is 0.0594. The summed E-state index contributed by atoms with van der Waals surface area (Å²) in [6, 6.07) is 3.63. The number of nitrogens with two attached hydrogens (primary N) is 1. The van der Waals surface area contributed by atoms with Gasteiger partial charge >= 0.3 is 5.97 Å². The zero-order valence-corrected chi connectivity index (χ0v) is 12.4. The van der Waals surface area contributed by atoms with Crippen molar-refractivity contribution in [2.24, 2.45) is 5.41 Å². The molecule has 1 aromatic rings.